The maximum Gasteiger partial charge on any atom is 0.227 e. The van der Waals surface area contributed by atoms with Crippen LogP contribution in [-0.2, 0) is 11.3 Å². The van der Waals surface area contributed by atoms with Crippen molar-refractivity contribution < 1.29 is 13.9 Å². The molecule has 0 aliphatic carbocycles. The van der Waals surface area contributed by atoms with Crippen LogP contribution >= 0.6 is 0 Å². The Hall–Kier alpha value is -3.67. The molecule has 5 rings (SSSR count). The van der Waals surface area contributed by atoms with Crippen molar-refractivity contribution in [3.05, 3.63) is 90.0 Å². The number of unbranched alkanes of at least 4 members (excludes halogenated alkanes) is 1. The third-order valence-corrected chi connectivity index (χ3v) is 6.35. The number of para-hydroxylation sites is 2. The zero-order valence-electron chi connectivity index (χ0n) is 19.3. The van der Waals surface area contributed by atoms with Gasteiger partial charge in [-0.3, -0.25) is 4.79 Å². The lowest BCUT2D eigenvalue weighted by Crippen LogP contribution is -2.24. The van der Waals surface area contributed by atoms with E-state index in [4.69, 9.17) is 9.72 Å². The normalized spacial score (nSPS) is 15.9. The fourth-order valence-corrected chi connectivity index (χ4v) is 4.66. The molecule has 1 atom stereocenters. The van der Waals surface area contributed by atoms with E-state index in [0.29, 0.717) is 19.6 Å². The molecule has 0 radical (unpaired) electrons. The Morgan fingerprint density at radius 2 is 1.85 bits per heavy atom. The molecule has 0 spiro atoms. The molecule has 0 bridgehead atoms. The number of ether oxygens (including phenoxy) is 1. The van der Waals surface area contributed by atoms with E-state index in [1.807, 2.05) is 36.4 Å². The lowest BCUT2D eigenvalue weighted by Gasteiger charge is -2.17. The molecule has 0 unspecified atom stereocenters. The first-order valence-electron chi connectivity index (χ1n) is 11.8. The van der Waals surface area contributed by atoms with Crippen molar-refractivity contribution >= 4 is 22.6 Å². The fraction of sp³-hybridized carbons (Fsp3) is 0.286. The molecule has 1 aliphatic rings. The number of amides is 1. The van der Waals surface area contributed by atoms with Gasteiger partial charge < -0.3 is 14.2 Å². The first kappa shape index (κ1) is 22.1. The van der Waals surface area contributed by atoms with E-state index in [2.05, 4.69) is 23.6 Å². The Balaban J connectivity index is 1.29. The number of hydrogen-bond acceptors (Lipinski definition) is 3. The molecule has 3 aromatic carbocycles. The lowest BCUT2D eigenvalue weighted by atomic mass is 10.1. The standard InChI is InChI=1S/C28H28FN3O2/c1-20-7-6-8-24(17-20)34-16-5-4-15-31-26-10-3-2-9-25(26)30-28(31)21-18-27(33)32(19-21)23-13-11-22(29)12-14-23/h2-3,6-14,17,21H,4-5,15-16,18-19H2,1H3/t21-/m0/s1. The summed E-state index contributed by atoms with van der Waals surface area (Å²) in [4.78, 5) is 19.5. The summed E-state index contributed by atoms with van der Waals surface area (Å²) >= 11 is 0. The number of carbonyl (C=O) groups excluding carboxylic acids is 1. The molecule has 34 heavy (non-hydrogen) atoms. The number of anilines is 1. The number of imidazole rings is 1. The number of hydrogen-bond donors (Lipinski definition) is 0. The van der Waals surface area contributed by atoms with Gasteiger partial charge in [0.15, 0.2) is 0 Å². The van der Waals surface area contributed by atoms with Gasteiger partial charge in [-0.15, -0.1) is 0 Å². The molecular weight excluding hydrogens is 429 g/mol. The molecule has 2 heterocycles. The molecule has 0 N–H and O–H groups in total. The molecule has 1 aromatic heterocycles. The number of aryl methyl sites for hydroxylation is 2. The molecule has 1 fully saturated rings. The van der Waals surface area contributed by atoms with Crippen LogP contribution in [0.2, 0.25) is 0 Å². The number of carbonyl (C=O) groups is 1. The summed E-state index contributed by atoms with van der Waals surface area (Å²) in [6.07, 6.45) is 2.27. The second-order valence-electron chi connectivity index (χ2n) is 8.86. The number of aromatic nitrogens is 2. The van der Waals surface area contributed by atoms with E-state index in [0.717, 1.165) is 47.7 Å². The van der Waals surface area contributed by atoms with Gasteiger partial charge in [-0.05, 0) is 73.9 Å². The van der Waals surface area contributed by atoms with E-state index < -0.39 is 0 Å². The van der Waals surface area contributed by atoms with E-state index in [1.54, 1.807) is 17.0 Å². The highest BCUT2D eigenvalue weighted by molar-refractivity contribution is 5.96. The van der Waals surface area contributed by atoms with Gasteiger partial charge in [-0.25, -0.2) is 9.37 Å². The minimum Gasteiger partial charge on any atom is -0.494 e. The van der Waals surface area contributed by atoms with Gasteiger partial charge in [-0.2, -0.15) is 0 Å². The van der Waals surface area contributed by atoms with Crippen LogP contribution in [0.1, 0.15) is 36.6 Å². The lowest BCUT2D eigenvalue weighted by molar-refractivity contribution is -0.117. The molecule has 5 nitrogen and oxygen atoms in total. The van der Waals surface area contributed by atoms with E-state index in [9.17, 15) is 9.18 Å². The monoisotopic (exact) mass is 457 g/mol. The third-order valence-electron chi connectivity index (χ3n) is 6.35. The second-order valence-corrected chi connectivity index (χ2v) is 8.86. The van der Waals surface area contributed by atoms with Crippen molar-refractivity contribution in [2.45, 2.75) is 38.6 Å². The van der Waals surface area contributed by atoms with E-state index in [1.165, 1.54) is 17.7 Å². The maximum atomic E-state index is 13.3. The van der Waals surface area contributed by atoms with Gasteiger partial charge in [0.25, 0.3) is 0 Å². The van der Waals surface area contributed by atoms with Crippen LogP contribution in [0.3, 0.4) is 0 Å². The molecule has 1 amide bonds. The molecule has 174 valence electrons. The van der Waals surface area contributed by atoms with Gasteiger partial charge in [-0.1, -0.05) is 24.3 Å². The molecule has 1 aliphatic heterocycles. The quantitative estimate of drug-likeness (QED) is 0.311. The van der Waals surface area contributed by atoms with Crippen molar-refractivity contribution in [3.8, 4) is 5.75 Å². The topological polar surface area (TPSA) is 47.4 Å². The van der Waals surface area contributed by atoms with Crippen LogP contribution in [0.5, 0.6) is 5.75 Å². The number of nitrogens with zero attached hydrogens (tertiary/aromatic N) is 3. The van der Waals surface area contributed by atoms with E-state index in [-0.39, 0.29) is 17.6 Å². The van der Waals surface area contributed by atoms with Crippen molar-refractivity contribution in [2.75, 3.05) is 18.1 Å². The zero-order valence-corrected chi connectivity index (χ0v) is 19.3. The van der Waals surface area contributed by atoms with Crippen LogP contribution in [0.15, 0.2) is 72.8 Å². The van der Waals surface area contributed by atoms with Crippen molar-refractivity contribution in [3.63, 3.8) is 0 Å². The average Bonchev–Trinajstić information content (AvgIpc) is 3.40. The van der Waals surface area contributed by atoms with Gasteiger partial charge in [0.05, 0.1) is 17.6 Å². The number of benzene rings is 3. The average molecular weight is 458 g/mol. The molecule has 1 saturated heterocycles. The van der Waals surface area contributed by atoms with E-state index >= 15 is 0 Å². The molecule has 6 heteroatoms. The van der Waals surface area contributed by atoms with Crippen LogP contribution in [0.25, 0.3) is 11.0 Å². The molecule has 0 saturated carbocycles. The largest absolute Gasteiger partial charge is 0.494 e. The Bertz CT molecular complexity index is 1300. The zero-order chi connectivity index (χ0) is 23.5. The van der Waals surface area contributed by atoms with Gasteiger partial charge in [0.1, 0.15) is 17.4 Å². The summed E-state index contributed by atoms with van der Waals surface area (Å²) in [6.45, 7) is 4.08. The summed E-state index contributed by atoms with van der Waals surface area (Å²) in [5, 5.41) is 0. The second kappa shape index (κ2) is 9.67. The van der Waals surface area contributed by atoms with Crippen molar-refractivity contribution in [1.82, 2.24) is 9.55 Å². The summed E-state index contributed by atoms with van der Waals surface area (Å²) in [6, 6.07) is 22.3. The highest BCUT2D eigenvalue weighted by Gasteiger charge is 2.34. The van der Waals surface area contributed by atoms with Gasteiger partial charge >= 0.3 is 0 Å². The first-order valence-corrected chi connectivity index (χ1v) is 11.8. The number of rotatable bonds is 8. The SMILES string of the molecule is Cc1cccc(OCCCCn2c([C@H]3CC(=O)N(c4ccc(F)cc4)C3)nc3ccccc32)c1. The van der Waals surface area contributed by atoms with Crippen molar-refractivity contribution in [1.29, 1.82) is 0 Å². The first-order chi connectivity index (χ1) is 16.6. The van der Waals surface area contributed by atoms with Crippen LogP contribution in [0.4, 0.5) is 10.1 Å². The van der Waals surface area contributed by atoms with Gasteiger partial charge in [0.2, 0.25) is 5.91 Å². The number of fused-ring (bicyclic) bond motifs is 1. The maximum absolute atomic E-state index is 13.3. The highest BCUT2D eigenvalue weighted by Crippen LogP contribution is 2.33. The summed E-state index contributed by atoms with van der Waals surface area (Å²) in [7, 11) is 0. The van der Waals surface area contributed by atoms with Crippen LogP contribution in [-0.4, -0.2) is 28.6 Å². The summed E-state index contributed by atoms with van der Waals surface area (Å²) in [5.74, 6) is 1.58. The van der Waals surface area contributed by atoms with Gasteiger partial charge in [0, 0.05) is 31.1 Å². The molecule has 4 aromatic rings. The Kier molecular flexibility index (Phi) is 6.30. The summed E-state index contributed by atoms with van der Waals surface area (Å²) < 4.78 is 21.5. The number of halogens is 1. The predicted octanol–water partition coefficient (Wildman–Crippen LogP) is 5.86. The minimum absolute atomic E-state index is 0.00602. The fourth-order valence-electron chi connectivity index (χ4n) is 4.66. The highest BCUT2D eigenvalue weighted by atomic mass is 19.1. The van der Waals surface area contributed by atoms with Crippen LogP contribution in [0, 0.1) is 12.7 Å². The van der Waals surface area contributed by atoms with Crippen LogP contribution < -0.4 is 9.64 Å². The predicted molar refractivity (Wildman–Crippen MR) is 132 cm³/mol. The molecular formula is C28H28FN3O2. The summed E-state index contributed by atoms with van der Waals surface area (Å²) in [5.41, 5.74) is 3.95. The van der Waals surface area contributed by atoms with Crippen molar-refractivity contribution in [2.24, 2.45) is 0 Å². The third kappa shape index (κ3) is 4.67. The Morgan fingerprint density at radius 3 is 2.68 bits per heavy atom. The Morgan fingerprint density at radius 1 is 1.03 bits per heavy atom. The minimum atomic E-state index is -0.305. The smallest absolute Gasteiger partial charge is 0.227 e. The Labute approximate surface area is 198 Å².